The summed E-state index contributed by atoms with van der Waals surface area (Å²) in [7, 11) is 1.56. The molecule has 0 aromatic carbocycles. The lowest BCUT2D eigenvalue weighted by Crippen LogP contribution is -2.25. The van der Waals surface area contributed by atoms with Gasteiger partial charge in [0.1, 0.15) is 5.82 Å². The van der Waals surface area contributed by atoms with Crippen LogP contribution in [0, 0.1) is 0 Å². The molecule has 0 aliphatic carbocycles. The Morgan fingerprint density at radius 2 is 2.40 bits per heavy atom. The van der Waals surface area contributed by atoms with E-state index >= 15 is 0 Å². The van der Waals surface area contributed by atoms with Crippen LogP contribution in [-0.4, -0.2) is 35.7 Å². The molecular weight excluding hydrogens is 194 g/mol. The lowest BCUT2D eigenvalue weighted by atomic mass is 10.2. The molecule has 5 nitrogen and oxygen atoms in total. The van der Waals surface area contributed by atoms with Gasteiger partial charge in [-0.15, -0.1) is 0 Å². The van der Waals surface area contributed by atoms with Crippen LogP contribution in [0.25, 0.3) is 0 Å². The number of hydrogen-bond donors (Lipinski definition) is 3. The Hall–Kier alpha value is -1.62. The third kappa shape index (κ3) is 2.92. The van der Waals surface area contributed by atoms with E-state index in [2.05, 4.69) is 15.6 Å². The van der Waals surface area contributed by atoms with Gasteiger partial charge >= 0.3 is 0 Å². The second-order valence-electron chi connectivity index (χ2n) is 3.21. The molecule has 0 bridgehead atoms. The number of carbonyl (C=O) groups excluding carboxylic acids is 1. The number of aromatic nitrogens is 1. The average molecular weight is 209 g/mol. The summed E-state index contributed by atoms with van der Waals surface area (Å²) in [4.78, 5) is 15.5. The molecule has 0 fully saturated rings. The molecule has 1 heterocycles. The molecule has 1 amide bonds. The van der Waals surface area contributed by atoms with Crippen molar-refractivity contribution < 1.29 is 9.90 Å². The molecule has 1 aromatic heterocycles. The quantitative estimate of drug-likeness (QED) is 0.663. The zero-order chi connectivity index (χ0) is 11.3. The summed E-state index contributed by atoms with van der Waals surface area (Å²) < 4.78 is 0. The van der Waals surface area contributed by atoms with Crippen molar-refractivity contribution in [3.05, 3.63) is 23.9 Å². The van der Waals surface area contributed by atoms with Gasteiger partial charge in [0.15, 0.2) is 0 Å². The molecule has 3 N–H and O–H groups in total. The van der Waals surface area contributed by atoms with Crippen LogP contribution in [0.3, 0.4) is 0 Å². The topological polar surface area (TPSA) is 74.2 Å². The van der Waals surface area contributed by atoms with Crippen LogP contribution in [0.1, 0.15) is 17.3 Å². The van der Waals surface area contributed by atoms with E-state index < -0.39 is 0 Å². The molecule has 1 atom stereocenters. The van der Waals surface area contributed by atoms with Crippen LogP contribution in [0.5, 0.6) is 0 Å². The van der Waals surface area contributed by atoms with Crippen molar-refractivity contribution in [1.29, 1.82) is 0 Å². The van der Waals surface area contributed by atoms with Gasteiger partial charge in [-0.1, -0.05) is 0 Å². The summed E-state index contributed by atoms with van der Waals surface area (Å²) in [6.45, 7) is 1.80. The van der Waals surface area contributed by atoms with E-state index in [1.165, 1.54) is 0 Å². The van der Waals surface area contributed by atoms with Crippen LogP contribution in [-0.2, 0) is 0 Å². The highest BCUT2D eigenvalue weighted by Gasteiger charge is 2.11. The Bertz CT molecular complexity index is 341. The lowest BCUT2D eigenvalue weighted by Gasteiger charge is -2.13. The molecule has 15 heavy (non-hydrogen) atoms. The van der Waals surface area contributed by atoms with Gasteiger partial charge in [-0.05, 0) is 19.1 Å². The van der Waals surface area contributed by atoms with E-state index in [0.717, 1.165) is 0 Å². The first-order chi connectivity index (χ1) is 7.19. The predicted octanol–water partition coefficient (Wildman–Crippen LogP) is 0.234. The minimum atomic E-state index is -0.198. The number of anilines is 1. The smallest absolute Gasteiger partial charge is 0.254 e. The number of amides is 1. The standard InChI is InChI=1S/C10H15N3O2/c1-7(6-14)13-9-8(10(15)11-2)4-3-5-12-9/h3-5,7,14H,6H2,1-2H3,(H,11,15)(H,12,13). The van der Waals surface area contributed by atoms with Gasteiger partial charge < -0.3 is 15.7 Å². The Balaban J connectivity index is 2.91. The molecule has 1 unspecified atom stereocenters. The molecule has 82 valence electrons. The Labute approximate surface area is 88.5 Å². The van der Waals surface area contributed by atoms with Crippen molar-refractivity contribution in [2.24, 2.45) is 0 Å². The Morgan fingerprint density at radius 3 is 3.00 bits per heavy atom. The number of pyridine rings is 1. The van der Waals surface area contributed by atoms with Crippen molar-refractivity contribution in [1.82, 2.24) is 10.3 Å². The van der Waals surface area contributed by atoms with Crippen LogP contribution >= 0.6 is 0 Å². The summed E-state index contributed by atoms with van der Waals surface area (Å²) in [5.74, 6) is 0.286. The third-order valence-electron chi connectivity index (χ3n) is 1.94. The van der Waals surface area contributed by atoms with Gasteiger partial charge in [-0.25, -0.2) is 4.98 Å². The van der Waals surface area contributed by atoms with Gasteiger partial charge in [0.05, 0.1) is 12.2 Å². The Kier molecular flexibility index (Phi) is 4.05. The molecule has 0 saturated heterocycles. The van der Waals surface area contributed by atoms with E-state index in [4.69, 9.17) is 5.11 Å². The maximum absolute atomic E-state index is 11.5. The molecular formula is C10H15N3O2. The summed E-state index contributed by atoms with van der Waals surface area (Å²) in [5, 5.41) is 14.4. The van der Waals surface area contributed by atoms with Crippen molar-refractivity contribution in [3.8, 4) is 0 Å². The fourth-order valence-electron chi connectivity index (χ4n) is 1.12. The highest BCUT2D eigenvalue weighted by molar-refractivity contribution is 5.98. The minimum Gasteiger partial charge on any atom is -0.394 e. The SMILES string of the molecule is CNC(=O)c1cccnc1NC(C)CO. The molecule has 1 rings (SSSR count). The number of aliphatic hydroxyl groups is 1. The maximum atomic E-state index is 11.5. The number of nitrogens with one attached hydrogen (secondary N) is 2. The lowest BCUT2D eigenvalue weighted by molar-refractivity contribution is 0.0963. The van der Waals surface area contributed by atoms with E-state index in [1.54, 1.807) is 25.4 Å². The second kappa shape index (κ2) is 5.31. The average Bonchev–Trinajstić information content (AvgIpc) is 2.28. The van der Waals surface area contributed by atoms with Crippen LogP contribution < -0.4 is 10.6 Å². The number of carbonyl (C=O) groups is 1. The monoisotopic (exact) mass is 209 g/mol. The first-order valence-electron chi connectivity index (χ1n) is 4.73. The van der Waals surface area contributed by atoms with E-state index in [0.29, 0.717) is 11.4 Å². The number of rotatable bonds is 4. The summed E-state index contributed by atoms with van der Waals surface area (Å²) in [6, 6.07) is 3.24. The van der Waals surface area contributed by atoms with Crippen LogP contribution in [0.15, 0.2) is 18.3 Å². The maximum Gasteiger partial charge on any atom is 0.254 e. The van der Waals surface area contributed by atoms with E-state index in [9.17, 15) is 4.79 Å². The van der Waals surface area contributed by atoms with Crippen molar-refractivity contribution >= 4 is 11.7 Å². The van der Waals surface area contributed by atoms with Gasteiger partial charge in [-0.3, -0.25) is 4.79 Å². The molecule has 0 spiro atoms. The highest BCUT2D eigenvalue weighted by atomic mass is 16.3. The number of nitrogens with zero attached hydrogens (tertiary/aromatic N) is 1. The minimum absolute atomic E-state index is 0.0102. The fourth-order valence-corrected chi connectivity index (χ4v) is 1.12. The summed E-state index contributed by atoms with van der Waals surface area (Å²) in [6.07, 6.45) is 1.60. The van der Waals surface area contributed by atoms with Crippen LogP contribution in [0.4, 0.5) is 5.82 Å². The number of hydrogen-bond acceptors (Lipinski definition) is 4. The number of aliphatic hydroxyl groups excluding tert-OH is 1. The molecule has 1 aromatic rings. The summed E-state index contributed by atoms with van der Waals surface area (Å²) >= 11 is 0. The first kappa shape index (κ1) is 11.5. The van der Waals surface area contributed by atoms with Gasteiger partial charge in [0.25, 0.3) is 5.91 Å². The third-order valence-corrected chi connectivity index (χ3v) is 1.94. The molecule has 0 radical (unpaired) electrons. The van der Waals surface area contributed by atoms with Gasteiger partial charge in [-0.2, -0.15) is 0 Å². The van der Waals surface area contributed by atoms with E-state index in [1.807, 2.05) is 6.92 Å². The summed E-state index contributed by atoms with van der Waals surface area (Å²) in [5.41, 5.74) is 0.472. The predicted molar refractivity (Wildman–Crippen MR) is 57.8 cm³/mol. The fraction of sp³-hybridized carbons (Fsp3) is 0.400. The van der Waals surface area contributed by atoms with Gasteiger partial charge in [0.2, 0.25) is 0 Å². The second-order valence-corrected chi connectivity index (χ2v) is 3.21. The van der Waals surface area contributed by atoms with Crippen LogP contribution in [0.2, 0.25) is 0 Å². The zero-order valence-corrected chi connectivity index (χ0v) is 8.82. The van der Waals surface area contributed by atoms with E-state index in [-0.39, 0.29) is 18.6 Å². The molecule has 0 aliphatic heterocycles. The highest BCUT2D eigenvalue weighted by Crippen LogP contribution is 2.11. The largest absolute Gasteiger partial charge is 0.394 e. The normalized spacial score (nSPS) is 11.9. The van der Waals surface area contributed by atoms with Crippen molar-refractivity contribution in [2.75, 3.05) is 19.0 Å². The molecule has 0 saturated carbocycles. The van der Waals surface area contributed by atoms with Gasteiger partial charge in [0, 0.05) is 19.3 Å². The molecule has 0 aliphatic rings. The van der Waals surface area contributed by atoms with Crippen molar-refractivity contribution in [2.45, 2.75) is 13.0 Å². The zero-order valence-electron chi connectivity index (χ0n) is 8.82. The molecule has 5 heteroatoms. The Morgan fingerprint density at radius 1 is 1.67 bits per heavy atom. The van der Waals surface area contributed by atoms with Crippen molar-refractivity contribution in [3.63, 3.8) is 0 Å². The first-order valence-corrected chi connectivity index (χ1v) is 4.73.